The van der Waals surface area contributed by atoms with Crippen molar-refractivity contribution in [2.45, 2.75) is 26.7 Å². The molecule has 0 amide bonds. The minimum absolute atomic E-state index is 0.158. The average Bonchev–Trinajstić information content (AvgIpc) is 2.25. The Morgan fingerprint density at radius 3 is 2.59 bits per heavy atom. The fourth-order valence-electron chi connectivity index (χ4n) is 2.03. The maximum absolute atomic E-state index is 12.3. The summed E-state index contributed by atoms with van der Waals surface area (Å²) in [5.74, 6) is 0.0883. The van der Waals surface area contributed by atoms with Crippen molar-refractivity contribution in [3.8, 4) is 0 Å². The van der Waals surface area contributed by atoms with Crippen LogP contribution in [0.5, 0.6) is 0 Å². The zero-order valence-electron chi connectivity index (χ0n) is 10.5. The first kappa shape index (κ1) is 13.3. The van der Waals surface area contributed by atoms with E-state index in [-0.39, 0.29) is 17.4 Å². The summed E-state index contributed by atoms with van der Waals surface area (Å²) in [5, 5.41) is 0. The maximum atomic E-state index is 12.3. The highest BCUT2D eigenvalue weighted by molar-refractivity contribution is 6.14. The van der Waals surface area contributed by atoms with E-state index in [1.807, 2.05) is 6.92 Å². The molecule has 3 heteroatoms. The molecule has 0 aliphatic heterocycles. The fourth-order valence-corrected chi connectivity index (χ4v) is 2.03. The summed E-state index contributed by atoms with van der Waals surface area (Å²) in [6.45, 7) is 11.5. The van der Waals surface area contributed by atoms with Crippen LogP contribution < -0.4 is 11.5 Å². The molecule has 1 aliphatic carbocycles. The van der Waals surface area contributed by atoms with Gasteiger partial charge < -0.3 is 11.5 Å². The van der Waals surface area contributed by atoms with Gasteiger partial charge in [-0.05, 0) is 31.3 Å². The molecule has 0 aromatic rings. The quantitative estimate of drug-likeness (QED) is 0.681. The average molecular weight is 232 g/mol. The molecule has 0 spiro atoms. The van der Waals surface area contributed by atoms with Gasteiger partial charge in [-0.1, -0.05) is 26.2 Å². The van der Waals surface area contributed by atoms with Crippen LogP contribution in [0.15, 0.2) is 47.3 Å². The van der Waals surface area contributed by atoms with Crippen LogP contribution in [0.1, 0.15) is 26.7 Å². The lowest BCUT2D eigenvalue weighted by Crippen LogP contribution is -2.23. The monoisotopic (exact) mass is 232 g/mol. The van der Waals surface area contributed by atoms with Crippen LogP contribution in [-0.4, -0.2) is 5.78 Å². The Labute approximate surface area is 103 Å². The molecule has 0 fully saturated rings. The lowest BCUT2D eigenvalue weighted by molar-refractivity contribution is -0.112. The van der Waals surface area contributed by atoms with Crippen molar-refractivity contribution < 1.29 is 4.79 Å². The first-order chi connectivity index (χ1) is 7.90. The van der Waals surface area contributed by atoms with Crippen LogP contribution >= 0.6 is 0 Å². The zero-order valence-corrected chi connectivity index (χ0v) is 10.5. The van der Waals surface area contributed by atoms with Gasteiger partial charge in [0.15, 0.2) is 5.78 Å². The van der Waals surface area contributed by atoms with Crippen LogP contribution in [0.4, 0.5) is 0 Å². The molecular weight excluding hydrogens is 212 g/mol. The van der Waals surface area contributed by atoms with E-state index in [1.54, 1.807) is 6.08 Å². The number of nitrogens with two attached hydrogens (primary N) is 2. The van der Waals surface area contributed by atoms with Crippen LogP contribution in [0.2, 0.25) is 0 Å². The molecule has 0 saturated heterocycles. The molecular formula is C14H20N2O. The Kier molecular flexibility index (Phi) is 3.94. The van der Waals surface area contributed by atoms with E-state index in [0.717, 1.165) is 12.0 Å². The smallest absolute Gasteiger partial charge is 0.196 e. The molecule has 0 bridgehead atoms. The van der Waals surface area contributed by atoms with Gasteiger partial charge >= 0.3 is 0 Å². The molecule has 0 aromatic carbocycles. The van der Waals surface area contributed by atoms with E-state index in [9.17, 15) is 4.79 Å². The van der Waals surface area contributed by atoms with E-state index < -0.39 is 0 Å². The van der Waals surface area contributed by atoms with Crippen molar-refractivity contribution in [3.63, 3.8) is 0 Å². The third-order valence-electron chi connectivity index (χ3n) is 3.19. The summed E-state index contributed by atoms with van der Waals surface area (Å²) in [7, 11) is 0. The van der Waals surface area contributed by atoms with Gasteiger partial charge in [-0.3, -0.25) is 4.79 Å². The number of hydrogen-bond donors (Lipinski definition) is 2. The standard InChI is InChI=1S/C14H20N2O/c1-5-11-9(3)8(2)6-7-12(16)13(10(4)15)14(11)17/h5,8H,3-4,6-7,15-16H2,1-2H3/b11-5+,13-12+. The number of hydrogen-bond acceptors (Lipinski definition) is 3. The summed E-state index contributed by atoms with van der Waals surface area (Å²) in [6, 6.07) is 0. The Morgan fingerprint density at radius 1 is 1.53 bits per heavy atom. The van der Waals surface area contributed by atoms with Crippen LogP contribution in [0, 0.1) is 5.92 Å². The molecule has 0 heterocycles. The highest BCUT2D eigenvalue weighted by Crippen LogP contribution is 2.30. The van der Waals surface area contributed by atoms with Gasteiger partial charge in [0, 0.05) is 17.0 Å². The second-order valence-corrected chi connectivity index (χ2v) is 4.42. The van der Waals surface area contributed by atoms with Crippen LogP contribution in [0.25, 0.3) is 0 Å². The number of carbonyl (C=O) groups excluding carboxylic acids is 1. The molecule has 3 nitrogen and oxygen atoms in total. The predicted molar refractivity (Wildman–Crippen MR) is 70.8 cm³/mol. The van der Waals surface area contributed by atoms with E-state index in [2.05, 4.69) is 20.1 Å². The van der Waals surface area contributed by atoms with Gasteiger partial charge in [-0.2, -0.15) is 0 Å². The van der Waals surface area contributed by atoms with E-state index in [1.165, 1.54) is 0 Å². The molecule has 0 saturated carbocycles. The van der Waals surface area contributed by atoms with Crippen molar-refractivity contribution >= 4 is 5.78 Å². The van der Waals surface area contributed by atoms with Gasteiger partial charge in [-0.15, -0.1) is 0 Å². The number of rotatable bonds is 1. The summed E-state index contributed by atoms with van der Waals surface area (Å²) < 4.78 is 0. The molecule has 4 N–H and O–H groups in total. The molecule has 0 radical (unpaired) electrons. The zero-order chi connectivity index (χ0) is 13.2. The molecule has 0 aromatic heterocycles. The number of Topliss-reactive ketones (excluding diaryl/α,β-unsaturated/α-hetero) is 1. The first-order valence-corrected chi connectivity index (χ1v) is 5.73. The Bertz CT molecular complexity index is 441. The van der Waals surface area contributed by atoms with Gasteiger partial charge in [0.2, 0.25) is 0 Å². The summed E-state index contributed by atoms with van der Waals surface area (Å²) >= 11 is 0. The van der Waals surface area contributed by atoms with Gasteiger partial charge in [-0.25, -0.2) is 0 Å². The molecule has 1 atom stereocenters. The van der Waals surface area contributed by atoms with Crippen molar-refractivity contribution in [2.75, 3.05) is 0 Å². The summed E-state index contributed by atoms with van der Waals surface area (Å²) in [4.78, 5) is 12.3. The predicted octanol–water partition coefficient (Wildman–Crippen LogP) is 2.17. The minimum atomic E-state index is -0.158. The lowest BCUT2D eigenvalue weighted by Gasteiger charge is -2.23. The second kappa shape index (κ2) is 5.04. The van der Waals surface area contributed by atoms with E-state index in [4.69, 9.17) is 11.5 Å². The number of ketones is 1. The minimum Gasteiger partial charge on any atom is -0.401 e. The summed E-state index contributed by atoms with van der Waals surface area (Å²) in [6.07, 6.45) is 3.28. The van der Waals surface area contributed by atoms with Crippen molar-refractivity contribution in [2.24, 2.45) is 17.4 Å². The number of allylic oxidation sites excluding steroid dienone is 5. The highest BCUT2D eigenvalue weighted by Gasteiger charge is 2.26. The Hall–Kier alpha value is -1.77. The second-order valence-electron chi connectivity index (χ2n) is 4.42. The molecule has 1 unspecified atom stereocenters. The van der Waals surface area contributed by atoms with Gasteiger partial charge in [0.1, 0.15) is 0 Å². The molecule has 1 aliphatic rings. The van der Waals surface area contributed by atoms with Crippen molar-refractivity contribution in [1.82, 2.24) is 0 Å². The number of carbonyl (C=O) groups is 1. The lowest BCUT2D eigenvalue weighted by atomic mass is 9.82. The van der Waals surface area contributed by atoms with E-state index >= 15 is 0 Å². The Balaban J connectivity index is 3.36. The fraction of sp³-hybridized carbons (Fsp3) is 0.357. The normalized spacial score (nSPS) is 29.1. The van der Waals surface area contributed by atoms with Crippen LogP contribution in [0.3, 0.4) is 0 Å². The largest absolute Gasteiger partial charge is 0.401 e. The van der Waals surface area contributed by atoms with Crippen LogP contribution in [-0.2, 0) is 4.79 Å². The first-order valence-electron chi connectivity index (χ1n) is 5.73. The van der Waals surface area contributed by atoms with Crippen molar-refractivity contribution in [1.29, 1.82) is 0 Å². The molecule has 92 valence electrons. The van der Waals surface area contributed by atoms with Gasteiger partial charge in [0.05, 0.1) is 5.57 Å². The SMILES string of the molecule is C=C(N)/C1=C(\N)CCC(C)C(=C)/C(=C\C)C1=O. The highest BCUT2D eigenvalue weighted by atomic mass is 16.1. The Morgan fingerprint density at radius 2 is 2.12 bits per heavy atom. The topological polar surface area (TPSA) is 69.1 Å². The maximum Gasteiger partial charge on any atom is 0.196 e. The molecule has 17 heavy (non-hydrogen) atoms. The van der Waals surface area contributed by atoms with Crippen molar-refractivity contribution in [3.05, 3.63) is 47.3 Å². The molecule has 1 rings (SSSR count). The summed E-state index contributed by atoms with van der Waals surface area (Å²) in [5.41, 5.74) is 14.1. The third-order valence-corrected chi connectivity index (χ3v) is 3.19. The third kappa shape index (κ3) is 2.49. The van der Waals surface area contributed by atoms with Gasteiger partial charge in [0.25, 0.3) is 0 Å². The van der Waals surface area contributed by atoms with E-state index in [0.29, 0.717) is 23.3 Å².